The van der Waals surface area contributed by atoms with Gasteiger partial charge in [0.05, 0.1) is 30.9 Å². The second kappa shape index (κ2) is 20.4. The molecule has 31 heteroatoms. The van der Waals surface area contributed by atoms with Crippen molar-refractivity contribution >= 4 is 87.7 Å². The van der Waals surface area contributed by atoms with E-state index in [0.717, 1.165) is 35.1 Å². The number of nitrogens with two attached hydrogens (primary N) is 1. The van der Waals surface area contributed by atoms with E-state index in [1.807, 2.05) is 0 Å². The third kappa shape index (κ3) is 15.0. The van der Waals surface area contributed by atoms with E-state index in [-0.39, 0.29) is 53.6 Å². The van der Waals surface area contributed by atoms with E-state index in [4.69, 9.17) is 24.6 Å². The van der Waals surface area contributed by atoms with Crippen LogP contribution in [0.25, 0.3) is 11.2 Å². The van der Waals surface area contributed by atoms with Crippen molar-refractivity contribution in [3.63, 3.8) is 0 Å². The number of imidazole rings is 1. The highest BCUT2D eigenvalue weighted by atomic mass is 32.2. The van der Waals surface area contributed by atoms with Crippen molar-refractivity contribution in [2.45, 2.75) is 57.3 Å². The van der Waals surface area contributed by atoms with E-state index in [2.05, 4.69) is 47.0 Å². The standard InChI is InChI=1S/C26H40N7O19P3S2/c1-26(2,20(38)23(39)29-6-5-15(34)28-7-8-57-25(40)14(56)3-4-16(35)36)10-49-55(46,47)52-54(44,45)48-9-13-19(51-53(41,42)43)18(37)24(50-13)33-12-32-17-21(27)30-11-31-22(17)33/h3,11-13,18-20,24,37-38,56H,4-10H2,1-2H3,(H,28,34)(H,29,39)(H,35,36)(H,44,45)(H,46,47)(H2,27,30,31)(H2,41,42,43)/b14-3-/t13-,18+,19+,20-,24+/m0/s1. The van der Waals surface area contributed by atoms with Crippen LogP contribution in [-0.4, -0.2) is 134 Å². The number of aliphatic carboxylic acids is 1. The predicted octanol–water partition coefficient (Wildman–Crippen LogP) is -1.05. The smallest absolute Gasteiger partial charge is 0.481 e. The Hall–Kier alpha value is -2.88. The van der Waals surface area contributed by atoms with E-state index in [1.165, 1.54) is 13.8 Å². The average molecular weight is 912 g/mol. The third-order valence-electron chi connectivity index (χ3n) is 7.41. The summed E-state index contributed by atoms with van der Waals surface area (Å²) in [4.78, 5) is 97.9. The molecule has 2 aromatic rings. The Morgan fingerprint density at radius 2 is 1.75 bits per heavy atom. The first-order chi connectivity index (χ1) is 26.3. The van der Waals surface area contributed by atoms with Gasteiger partial charge in [-0.1, -0.05) is 31.7 Å². The number of anilines is 1. The number of ether oxygens (including phenoxy) is 1. The summed E-state index contributed by atoms with van der Waals surface area (Å²) < 4.78 is 62.0. The number of aromatic nitrogens is 4. The largest absolute Gasteiger partial charge is 0.481 e. The van der Waals surface area contributed by atoms with Crippen LogP contribution in [-0.2, 0) is 55.5 Å². The van der Waals surface area contributed by atoms with Gasteiger partial charge in [0.1, 0.15) is 36.3 Å². The quantitative estimate of drug-likeness (QED) is 0.0291. The van der Waals surface area contributed by atoms with Gasteiger partial charge in [-0.15, -0.1) is 12.6 Å². The SMILES string of the molecule is CC(C)(COP(=O)(O)OP(=O)(O)OC[C@@H]1O[C@@H](n2cnc3c(N)ncnc32)[C@H](O)[C@@H]1OP(=O)(O)O)[C@@H](O)C(=O)NCCC(=O)NCCSC(=O)/C(S)=C/CC(=O)O. The molecule has 0 saturated carbocycles. The molecular formula is C26H40N7O19P3S2. The molecule has 1 aliphatic rings. The van der Waals surface area contributed by atoms with Gasteiger partial charge >= 0.3 is 29.4 Å². The number of carbonyl (C=O) groups excluding carboxylic acids is 3. The van der Waals surface area contributed by atoms with Crippen LogP contribution in [0.15, 0.2) is 23.6 Å². The number of phosphoric ester groups is 3. The molecule has 1 aliphatic heterocycles. The number of thioether (sulfide) groups is 1. The molecule has 0 aromatic carbocycles. The molecule has 26 nitrogen and oxygen atoms in total. The Morgan fingerprint density at radius 3 is 2.40 bits per heavy atom. The Labute approximate surface area is 331 Å². The molecule has 0 spiro atoms. The lowest BCUT2D eigenvalue weighted by atomic mass is 9.87. The summed E-state index contributed by atoms with van der Waals surface area (Å²) in [5.74, 6) is -2.62. The fourth-order valence-corrected chi connectivity index (χ4v) is 8.35. The number of thiol groups is 1. The fourth-order valence-electron chi connectivity index (χ4n) is 4.62. The van der Waals surface area contributed by atoms with Gasteiger partial charge in [0.25, 0.3) is 0 Å². The van der Waals surface area contributed by atoms with Crippen LogP contribution in [0.1, 0.15) is 32.9 Å². The lowest BCUT2D eigenvalue weighted by molar-refractivity contribution is -0.137. The van der Waals surface area contributed by atoms with Crippen molar-refractivity contribution < 1.29 is 90.4 Å². The van der Waals surface area contributed by atoms with Crippen LogP contribution in [0.3, 0.4) is 0 Å². The van der Waals surface area contributed by atoms with Crippen molar-refractivity contribution in [3.05, 3.63) is 23.6 Å². The molecule has 2 amide bonds. The zero-order valence-corrected chi connectivity index (χ0v) is 34.1. The molecule has 2 aromatic heterocycles. The lowest BCUT2D eigenvalue weighted by Crippen LogP contribution is -2.46. The number of hydrogen-bond donors (Lipinski definition) is 11. The number of aliphatic hydroxyl groups excluding tert-OH is 2. The van der Waals surface area contributed by atoms with E-state index in [0.29, 0.717) is 0 Å². The first-order valence-electron chi connectivity index (χ1n) is 16.0. The minimum atomic E-state index is -5.59. The molecule has 57 heavy (non-hydrogen) atoms. The molecule has 320 valence electrons. The number of nitrogen functional groups attached to an aromatic ring is 1. The van der Waals surface area contributed by atoms with Crippen LogP contribution < -0.4 is 16.4 Å². The topological polar surface area (TPSA) is 401 Å². The number of nitrogens with zero attached hydrogens (tertiary/aromatic N) is 4. The van der Waals surface area contributed by atoms with Gasteiger partial charge in [-0.05, 0) is 0 Å². The van der Waals surface area contributed by atoms with E-state index >= 15 is 0 Å². The maximum atomic E-state index is 12.7. The summed E-state index contributed by atoms with van der Waals surface area (Å²) in [5, 5.41) is 34.3. The Morgan fingerprint density at radius 1 is 1.09 bits per heavy atom. The van der Waals surface area contributed by atoms with Crippen LogP contribution in [0, 0.1) is 5.41 Å². The van der Waals surface area contributed by atoms with Crippen molar-refractivity contribution in [2.75, 3.05) is 37.8 Å². The van der Waals surface area contributed by atoms with Crippen molar-refractivity contribution in [2.24, 2.45) is 5.41 Å². The summed E-state index contributed by atoms with van der Waals surface area (Å²) in [5.41, 5.74) is 4.19. The van der Waals surface area contributed by atoms with Crippen LogP contribution in [0.2, 0.25) is 0 Å². The normalized spacial score (nSPS) is 21.7. The van der Waals surface area contributed by atoms with Crippen LogP contribution >= 0.6 is 47.9 Å². The highest BCUT2D eigenvalue weighted by Gasteiger charge is 2.50. The minimum Gasteiger partial charge on any atom is -0.481 e. The zero-order valence-electron chi connectivity index (χ0n) is 29.7. The summed E-state index contributed by atoms with van der Waals surface area (Å²) in [6, 6.07) is 0. The molecular weight excluding hydrogens is 871 g/mol. The van der Waals surface area contributed by atoms with Crippen LogP contribution in [0.4, 0.5) is 5.82 Å². The number of carboxylic acids is 1. The maximum absolute atomic E-state index is 12.7. The summed E-state index contributed by atoms with van der Waals surface area (Å²) in [6.45, 7) is 0.147. The first-order valence-corrected chi connectivity index (χ1v) is 21.9. The fraction of sp³-hybridized carbons (Fsp3) is 0.577. The molecule has 11 N–H and O–H groups in total. The number of carboxylic acid groups (broad SMARTS) is 1. The molecule has 0 bridgehead atoms. The first kappa shape index (κ1) is 48.5. The maximum Gasteiger partial charge on any atom is 0.481 e. The minimum absolute atomic E-state index is 0.0175. The van der Waals surface area contributed by atoms with E-state index in [1.54, 1.807) is 0 Å². The molecule has 3 rings (SSSR count). The molecule has 7 atom stereocenters. The molecule has 2 unspecified atom stereocenters. The molecule has 1 fully saturated rings. The highest BCUT2D eigenvalue weighted by Crippen LogP contribution is 2.61. The lowest BCUT2D eigenvalue weighted by Gasteiger charge is -2.30. The summed E-state index contributed by atoms with van der Waals surface area (Å²) >= 11 is 4.71. The van der Waals surface area contributed by atoms with E-state index in [9.17, 15) is 62.7 Å². The van der Waals surface area contributed by atoms with Gasteiger partial charge in [0.15, 0.2) is 17.7 Å². The summed E-state index contributed by atoms with van der Waals surface area (Å²) in [6.07, 6.45) is -6.38. The number of nitrogens with one attached hydrogen (secondary N) is 2. The molecule has 0 aliphatic carbocycles. The van der Waals surface area contributed by atoms with Crippen molar-refractivity contribution in [1.82, 2.24) is 30.2 Å². The Balaban J connectivity index is 1.48. The van der Waals surface area contributed by atoms with Gasteiger partial charge in [0.2, 0.25) is 16.9 Å². The van der Waals surface area contributed by atoms with E-state index < -0.39 is 95.6 Å². The Kier molecular flexibility index (Phi) is 17.3. The summed E-state index contributed by atoms with van der Waals surface area (Å²) in [7, 11) is -16.5. The van der Waals surface area contributed by atoms with Gasteiger partial charge in [-0.3, -0.25) is 37.3 Å². The highest BCUT2D eigenvalue weighted by molar-refractivity contribution is 8.15. The van der Waals surface area contributed by atoms with Gasteiger partial charge in [-0.2, -0.15) is 4.31 Å². The zero-order chi connectivity index (χ0) is 42.9. The van der Waals surface area contributed by atoms with Gasteiger partial charge in [0, 0.05) is 30.7 Å². The van der Waals surface area contributed by atoms with Gasteiger partial charge < -0.3 is 56.0 Å². The Bertz CT molecular complexity index is 1970. The number of fused-ring (bicyclic) bond motifs is 1. The van der Waals surface area contributed by atoms with Crippen molar-refractivity contribution in [3.8, 4) is 0 Å². The number of carbonyl (C=O) groups is 4. The van der Waals surface area contributed by atoms with Gasteiger partial charge in [-0.25, -0.2) is 28.6 Å². The second-order valence-corrected chi connectivity index (χ2v) is 18.2. The number of rotatable bonds is 22. The molecule has 3 heterocycles. The van der Waals surface area contributed by atoms with Crippen molar-refractivity contribution in [1.29, 1.82) is 0 Å². The number of amides is 2. The number of hydrogen-bond acceptors (Lipinski definition) is 20. The second-order valence-electron chi connectivity index (χ2n) is 12.4. The number of phosphoric acid groups is 3. The van der Waals surface area contributed by atoms with Crippen LogP contribution in [0.5, 0.6) is 0 Å². The third-order valence-corrected chi connectivity index (χ3v) is 11.9. The average Bonchev–Trinajstić information content (AvgIpc) is 3.66. The number of aliphatic hydroxyl groups is 2. The molecule has 0 radical (unpaired) electrons. The monoisotopic (exact) mass is 911 g/mol. The molecule has 1 saturated heterocycles. The predicted molar refractivity (Wildman–Crippen MR) is 196 cm³/mol.